The van der Waals surface area contributed by atoms with Crippen LogP contribution in [0, 0.1) is 17.0 Å². The molecule has 0 amide bonds. The molecule has 1 heterocycles. The van der Waals surface area contributed by atoms with Crippen LogP contribution >= 0.6 is 11.8 Å². The second-order valence-electron chi connectivity index (χ2n) is 5.80. The molecule has 1 aromatic heterocycles. The Bertz CT molecular complexity index is 1020. The normalized spacial score (nSPS) is 11.1. The van der Waals surface area contributed by atoms with Crippen molar-refractivity contribution in [2.24, 2.45) is 5.10 Å². The molecule has 0 aliphatic carbocycles. The van der Waals surface area contributed by atoms with Gasteiger partial charge in [-0.15, -0.1) is 10.2 Å². The summed E-state index contributed by atoms with van der Waals surface area (Å²) in [6.07, 6.45) is 2.63. The van der Waals surface area contributed by atoms with E-state index in [2.05, 4.69) is 15.3 Å². The first kappa shape index (κ1) is 19.4. The zero-order valence-electron chi connectivity index (χ0n) is 15.1. The molecule has 0 saturated heterocycles. The lowest BCUT2D eigenvalue weighted by Crippen LogP contribution is -2.03. The van der Waals surface area contributed by atoms with Crippen LogP contribution in [0.3, 0.4) is 0 Å². The van der Waals surface area contributed by atoms with E-state index in [1.165, 1.54) is 41.7 Å². The average Bonchev–Trinajstić information content (AvgIpc) is 3.14. The van der Waals surface area contributed by atoms with E-state index in [1.807, 2.05) is 31.2 Å². The lowest BCUT2D eigenvalue weighted by molar-refractivity contribution is -0.385. The van der Waals surface area contributed by atoms with E-state index in [4.69, 9.17) is 4.74 Å². The molecule has 0 bridgehead atoms. The molecule has 0 N–H and O–H groups in total. The largest absolute Gasteiger partial charge is 0.870 e. The van der Waals surface area contributed by atoms with E-state index in [0.717, 1.165) is 17.7 Å². The summed E-state index contributed by atoms with van der Waals surface area (Å²) in [5.74, 6) is 0.0681. The number of hydrogen-bond acceptors (Lipinski definition) is 8. The Balaban J connectivity index is 1.80. The highest BCUT2D eigenvalue weighted by Crippen LogP contribution is 2.31. The maximum Gasteiger partial charge on any atom is 0.273 e. The molecule has 144 valence electrons. The van der Waals surface area contributed by atoms with Crippen molar-refractivity contribution in [1.29, 1.82) is 0 Å². The maximum atomic E-state index is 12.3. The van der Waals surface area contributed by atoms with Gasteiger partial charge < -0.3 is 9.84 Å². The van der Waals surface area contributed by atoms with E-state index in [1.54, 1.807) is 0 Å². The van der Waals surface area contributed by atoms with Crippen molar-refractivity contribution in [2.75, 3.05) is 7.11 Å². The molecule has 0 atom stereocenters. The number of nitro benzene ring substituents is 1. The topological polar surface area (TPSA) is 118 Å². The van der Waals surface area contributed by atoms with Crippen molar-refractivity contribution in [3.63, 3.8) is 0 Å². The van der Waals surface area contributed by atoms with Gasteiger partial charge in [-0.25, -0.2) is 0 Å². The van der Waals surface area contributed by atoms with Crippen LogP contribution < -0.4 is 9.84 Å². The predicted octanol–water partition coefficient (Wildman–Crippen LogP) is 2.75. The molecule has 0 spiro atoms. The number of ether oxygens (including phenoxy) is 1. The number of aromatic nitrogens is 3. The number of benzene rings is 2. The Morgan fingerprint density at radius 2 is 2.07 bits per heavy atom. The van der Waals surface area contributed by atoms with Crippen molar-refractivity contribution < 1.29 is 14.8 Å². The minimum absolute atomic E-state index is 0.0363. The van der Waals surface area contributed by atoms with Crippen molar-refractivity contribution >= 4 is 23.7 Å². The van der Waals surface area contributed by atoms with Crippen LogP contribution in [0.4, 0.5) is 5.69 Å². The number of non-ortho nitro benzene ring substituents is 1. The molecule has 0 aliphatic rings. The highest BCUT2D eigenvalue weighted by atomic mass is 32.2. The molecule has 0 saturated carbocycles. The number of nitro groups is 1. The summed E-state index contributed by atoms with van der Waals surface area (Å²) in [5.41, 5.74) is 2.09. The van der Waals surface area contributed by atoms with Gasteiger partial charge in [-0.1, -0.05) is 47.3 Å². The zero-order chi connectivity index (χ0) is 20.1. The SMILES string of the molecule is COc1cc([N+](=O)[O-])cc(/C=N\n2cnnc2SCc2ccc(C)cc2)c1[O-]. The number of aryl methyl sites for hydroxylation is 1. The van der Waals surface area contributed by atoms with E-state index in [9.17, 15) is 15.2 Å². The first-order valence-electron chi connectivity index (χ1n) is 8.14. The first-order valence-corrected chi connectivity index (χ1v) is 9.12. The van der Waals surface area contributed by atoms with E-state index in [-0.39, 0.29) is 17.0 Å². The Morgan fingerprint density at radius 1 is 1.32 bits per heavy atom. The molecular weight excluding hydrogens is 382 g/mol. The standard InChI is InChI=1S/C18H17N5O4S/c1-12-3-5-13(6-4-12)10-28-18-21-19-11-22(18)20-9-14-7-15(23(25)26)8-16(27-2)17(14)24/h3-9,11,24H,10H2,1-2H3/p-1/b20-9-. The van der Waals surface area contributed by atoms with Gasteiger partial charge in [-0.2, -0.15) is 9.78 Å². The quantitative estimate of drug-likeness (QED) is 0.260. The lowest BCUT2D eigenvalue weighted by Gasteiger charge is -2.14. The van der Waals surface area contributed by atoms with Crippen LogP contribution in [-0.2, 0) is 5.75 Å². The molecule has 3 rings (SSSR count). The molecule has 0 radical (unpaired) electrons. The molecular formula is C18H16N5O4S-. The van der Waals surface area contributed by atoms with Gasteiger partial charge in [-0.05, 0) is 18.1 Å². The van der Waals surface area contributed by atoms with Gasteiger partial charge in [0.2, 0.25) is 5.16 Å². The number of methoxy groups -OCH3 is 1. The molecule has 0 fully saturated rings. The Morgan fingerprint density at radius 3 is 2.75 bits per heavy atom. The smallest absolute Gasteiger partial charge is 0.273 e. The van der Waals surface area contributed by atoms with Gasteiger partial charge in [0, 0.05) is 11.8 Å². The van der Waals surface area contributed by atoms with Crippen LogP contribution in [0.5, 0.6) is 11.5 Å². The van der Waals surface area contributed by atoms with E-state index >= 15 is 0 Å². The van der Waals surface area contributed by atoms with Crippen LogP contribution in [-0.4, -0.2) is 33.1 Å². The molecule has 0 unspecified atom stereocenters. The van der Waals surface area contributed by atoms with Crippen molar-refractivity contribution in [3.05, 3.63) is 69.5 Å². The number of thioether (sulfide) groups is 1. The lowest BCUT2D eigenvalue weighted by atomic mass is 10.2. The molecule has 3 aromatic rings. The summed E-state index contributed by atoms with van der Waals surface area (Å²) in [7, 11) is 1.28. The fourth-order valence-electron chi connectivity index (χ4n) is 2.31. The Labute approximate surface area is 164 Å². The Hall–Kier alpha value is -3.40. The number of rotatable bonds is 7. The fourth-order valence-corrected chi connectivity index (χ4v) is 3.13. The summed E-state index contributed by atoms with van der Waals surface area (Å²) >= 11 is 1.43. The minimum atomic E-state index is -0.596. The summed E-state index contributed by atoms with van der Waals surface area (Å²) < 4.78 is 6.33. The van der Waals surface area contributed by atoms with E-state index < -0.39 is 10.7 Å². The second-order valence-corrected chi connectivity index (χ2v) is 6.74. The van der Waals surface area contributed by atoms with Gasteiger partial charge in [0.15, 0.2) is 0 Å². The van der Waals surface area contributed by atoms with Crippen LogP contribution in [0.15, 0.2) is 53.0 Å². The third kappa shape index (κ3) is 4.46. The third-order valence-electron chi connectivity index (χ3n) is 3.81. The fraction of sp³-hybridized carbons (Fsp3) is 0.167. The molecule has 10 heteroatoms. The molecule has 9 nitrogen and oxygen atoms in total. The van der Waals surface area contributed by atoms with Crippen LogP contribution in [0.25, 0.3) is 0 Å². The number of nitrogens with zero attached hydrogens (tertiary/aromatic N) is 5. The highest BCUT2D eigenvalue weighted by Gasteiger charge is 2.12. The monoisotopic (exact) mass is 398 g/mol. The predicted molar refractivity (Wildman–Crippen MR) is 103 cm³/mol. The van der Waals surface area contributed by atoms with E-state index in [0.29, 0.717) is 10.9 Å². The van der Waals surface area contributed by atoms with Gasteiger partial charge in [0.05, 0.1) is 24.3 Å². The summed E-state index contributed by atoms with van der Waals surface area (Å²) in [4.78, 5) is 10.4. The number of hydrogen-bond donors (Lipinski definition) is 0. The summed E-state index contributed by atoms with van der Waals surface area (Å²) in [5, 5.41) is 35.8. The Kier molecular flexibility index (Phi) is 5.90. The molecule has 2 aromatic carbocycles. The van der Waals surface area contributed by atoms with Gasteiger partial charge in [0.1, 0.15) is 12.1 Å². The summed E-state index contributed by atoms with van der Waals surface area (Å²) in [6.45, 7) is 2.02. The molecule has 0 aliphatic heterocycles. The second kappa shape index (κ2) is 8.53. The summed E-state index contributed by atoms with van der Waals surface area (Å²) in [6, 6.07) is 10.4. The van der Waals surface area contributed by atoms with Gasteiger partial charge in [0.25, 0.3) is 5.69 Å². The van der Waals surface area contributed by atoms with Crippen LogP contribution in [0.2, 0.25) is 0 Å². The zero-order valence-corrected chi connectivity index (χ0v) is 15.9. The van der Waals surface area contributed by atoms with Crippen LogP contribution in [0.1, 0.15) is 16.7 Å². The molecule has 28 heavy (non-hydrogen) atoms. The highest BCUT2D eigenvalue weighted by molar-refractivity contribution is 7.98. The van der Waals surface area contributed by atoms with Gasteiger partial charge >= 0.3 is 0 Å². The third-order valence-corrected chi connectivity index (χ3v) is 4.81. The van der Waals surface area contributed by atoms with Crippen molar-refractivity contribution in [1.82, 2.24) is 14.9 Å². The van der Waals surface area contributed by atoms with Crippen molar-refractivity contribution in [2.45, 2.75) is 17.8 Å². The first-order chi connectivity index (χ1) is 13.5. The van der Waals surface area contributed by atoms with Gasteiger partial charge in [-0.3, -0.25) is 10.1 Å². The minimum Gasteiger partial charge on any atom is -0.870 e. The maximum absolute atomic E-state index is 12.3. The average molecular weight is 398 g/mol. The van der Waals surface area contributed by atoms with Crippen molar-refractivity contribution in [3.8, 4) is 11.5 Å².